The summed E-state index contributed by atoms with van der Waals surface area (Å²) in [5.41, 5.74) is 0.844. The summed E-state index contributed by atoms with van der Waals surface area (Å²) in [7, 11) is 0. The number of rotatable bonds is 3. The number of carbonyl (C=O) groups is 1. The summed E-state index contributed by atoms with van der Waals surface area (Å²) >= 11 is 11.8. The van der Waals surface area contributed by atoms with Crippen LogP contribution in [0.3, 0.4) is 0 Å². The third-order valence-corrected chi connectivity index (χ3v) is 3.01. The van der Waals surface area contributed by atoms with Gasteiger partial charge in [-0.15, -0.1) is 0 Å². The van der Waals surface area contributed by atoms with Gasteiger partial charge in [0.1, 0.15) is 5.78 Å². The van der Waals surface area contributed by atoms with Gasteiger partial charge in [-0.3, -0.25) is 4.79 Å². The van der Waals surface area contributed by atoms with E-state index < -0.39 is 0 Å². The first kappa shape index (κ1) is 10.0. The van der Waals surface area contributed by atoms with Gasteiger partial charge in [0.2, 0.25) is 0 Å². The molecule has 1 aromatic carbocycles. The van der Waals surface area contributed by atoms with Crippen molar-refractivity contribution in [3.63, 3.8) is 0 Å². The van der Waals surface area contributed by atoms with Gasteiger partial charge in [0.15, 0.2) is 0 Å². The Hall–Kier alpha value is -0.530. The van der Waals surface area contributed by atoms with Crippen LogP contribution in [0.15, 0.2) is 18.2 Å². The first-order valence-corrected chi connectivity index (χ1v) is 5.39. The van der Waals surface area contributed by atoms with Crippen molar-refractivity contribution < 1.29 is 4.79 Å². The van der Waals surface area contributed by atoms with E-state index in [1.165, 1.54) is 0 Å². The summed E-state index contributed by atoms with van der Waals surface area (Å²) in [6.07, 6.45) is 2.50. The van der Waals surface area contributed by atoms with Crippen LogP contribution in [0.25, 0.3) is 0 Å². The van der Waals surface area contributed by atoms with Crippen molar-refractivity contribution in [2.45, 2.75) is 19.3 Å². The second kappa shape index (κ2) is 3.92. The molecule has 0 radical (unpaired) electrons. The van der Waals surface area contributed by atoms with Crippen LogP contribution >= 0.6 is 23.2 Å². The lowest BCUT2D eigenvalue weighted by Crippen LogP contribution is -2.04. The Balaban J connectivity index is 2.14. The van der Waals surface area contributed by atoms with Gasteiger partial charge in [-0.25, -0.2) is 0 Å². The zero-order valence-corrected chi connectivity index (χ0v) is 9.11. The quantitative estimate of drug-likeness (QED) is 0.774. The molecule has 0 spiro atoms. The van der Waals surface area contributed by atoms with Crippen LogP contribution in [0.2, 0.25) is 10.0 Å². The van der Waals surface area contributed by atoms with E-state index in [9.17, 15) is 4.79 Å². The van der Waals surface area contributed by atoms with Gasteiger partial charge >= 0.3 is 0 Å². The maximum Gasteiger partial charge on any atom is 0.140 e. The van der Waals surface area contributed by atoms with E-state index in [1.54, 1.807) is 18.2 Å². The van der Waals surface area contributed by atoms with Gasteiger partial charge in [-0.05, 0) is 36.6 Å². The van der Waals surface area contributed by atoms with Crippen LogP contribution in [0, 0.1) is 5.92 Å². The normalized spacial score (nSPS) is 15.6. The van der Waals surface area contributed by atoms with Crippen LogP contribution < -0.4 is 0 Å². The summed E-state index contributed by atoms with van der Waals surface area (Å²) in [6.45, 7) is 0. The van der Waals surface area contributed by atoms with Crippen molar-refractivity contribution in [1.82, 2.24) is 0 Å². The molecule has 1 aromatic rings. The molecular formula is C11H10Cl2O. The predicted molar refractivity (Wildman–Crippen MR) is 57.9 cm³/mol. The lowest BCUT2D eigenvalue weighted by Gasteiger charge is -2.03. The number of halogens is 2. The Labute approximate surface area is 93.0 Å². The SMILES string of the molecule is O=C(Cc1cc(Cl)ccc1Cl)C1CC1. The highest BCUT2D eigenvalue weighted by Crippen LogP contribution is 2.32. The molecule has 0 heterocycles. The van der Waals surface area contributed by atoms with Gasteiger partial charge in [-0.1, -0.05) is 23.2 Å². The van der Waals surface area contributed by atoms with Crippen molar-refractivity contribution in [1.29, 1.82) is 0 Å². The van der Waals surface area contributed by atoms with Crippen molar-refractivity contribution in [2.75, 3.05) is 0 Å². The molecule has 14 heavy (non-hydrogen) atoms. The number of Topliss-reactive ketones (excluding diaryl/α,β-unsaturated/α-hetero) is 1. The van der Waals surface area contributed by atoms with E-state index >= 15 is 0 Å². The monoisotopic (exact) mass is 228 g/mol. The Kier molecular flexibility index (Phi) is 2.80. The fraction of sp³-hybridized carbons (Fsp3) is 0.364. The molecule has 0 atom stereocenters. The standard InChI is InChI=1S/C11H10Cl2O/c12-9-3-4-10(13)8(5-9)6-11(14)7-1-2-7/h3-5,7H,1-2,6H2. The second-order valence-corrected chi connectivity index (χ2v) is 4.50. The zero-order valence-electron chi connectivity index (χ0n) is 7.59. The summed E-state index contributed by atoms with van der Waals surface area (Å²) in [5, 5.41) is 1.26. The first-order valence-electron chi connectivity index (χ1n) is 4.63. The molecule has 1 saturated carbocycles. The van der Waals surface area contributed by atoms with Crippen LogP contribution in [-0.4, -0.2) is 5.78 Å². The summed E-state index contributed by atoms with van der Waals surface area (Å²) in [5.74, 6) is 0.569. The number of hydrogen-bond acceptors (Lipinski definition) is 1. The van der Waals surface area contributed by atoms with E-state index in [2.05, 4.69) is 0 Å². The number of carbonyl (C=O) groups excluding carboxylic acids is 1. The molecule has 0 aromatic heterocycles. The lowest BCUT2D eigenvalue weighted by atomic mass is 10.1. The maximum absolute atomic E-state index is 11.5. The van der Waals surface area contributed by atoms with Crippen LogP contribution in [0.4, 0.5) is 0 Å². The van der Waals surface area contributed by atoms with E-state index in [-0.39, 0.29) is 11.7 Å². The average molecular weight is 229 g/mol. The summed E-state index contributed by atoms with van der Waals surface area (Å²) < 4.78 is 0. The third-order valence-electron chi connectivity index (χ3n) is 2.41. The smallest absolute Gasteiger partial charge is 0.140 e. The molecule has 2 rings (SSSR count). The lowest BCUT2D eigenvalue weighted by molar-refractivity contribution is -0.119. The Morgan fingerprint density at radius 1 is 1.36 bits per heavy atom. The minimum Gasteiger partial charge on any atom is -0.299 e. The average Bonchev–Trinajstić information content (AvgIpc) is 2.94. The molecule has 0 N–H and O–H groups in total. The minimum absolute atomic E-state index is 0.282. The molecule has 0 aliphatic heterocycles. The van der Waals surface area contributed by atoms with Gasteiger partial charge < -0.3 is 0 Å². The van der Waals surface area contributed by atoms with Gasteiger partial charge in [0.25, 0.3) is 0 Å². The number of benzene rings is 1. The van der Waals surface area contributed by atoms with Crippen molar-refractivity contribution in [3.05, 3.63) is 33.8 Å². The fourth-order valence-electron chi connectivity index (χ4n) is 1.42. The molecule has 3 heteroatoms. The van der Waals surface area contributed by atoms with Crippen molar-refractivity contribution in [2.24, 2.45) is 5.92 Å². The zero-order chi connectivity index (χ0) is 10.1. The predicted octanol–water partition coefficient (Wildman–Crippen LogP) is 3.52. The Morgan fingerprint density at radius 3 is 2.71 bits per heavy atom. The molecule has 0 amide bonds. The molecule has 74 valence electrons. The molecule has 1 aliphatic carbocycles. The minimum atomic E-state index is 0.282. The highest BCUT2D eigenvalue weighted by molar-refractivity contribution is 6.33. The molecule has 1 fully saturated rings. The first-order chi connectivity index (χ1) is 6.66. The third kappa shape index (κ3) is 2.28. The highest BCUT2D eigenvalue weighted by atomic mass is 35.5. The number of hydrogen-bond donors (Lipinski definition) is 0. The number of ketones is 1. The highest BCUT2D eigenvalue weighted by Gasteiger charge is 2.29. The van der Waals surface area contributed by atoms with Gasteiger partial charge in [0, 0.05) is 22.4 Å². The topological polar surface area (TPSA) is 17.1 Å². The maximum atomic E-state index is 11.5. The van der Waals surface area contributed by atoms with E-state index in [0.29, 0.717) is 16.5 Å². The molecule has 0 unspecified atom stereocenters. The summed E-state index contributed by atoms with van der Waals surface area (Å²) in [6, 6.07) is 5.23. The Bertz CT molecular complexity index is 370. The van der Waals surface area contributed by atoms with Crippen LogP contribution in [0.5, 0.6) is 0 Å². The van der Waals surface area contributed by atoms with Crippen LogP contribution in [-0.2, 0) is 11.2 Å². The molecule has 0 saturated heterocycles. The van der Waals surface area contributed by atoms with E-state index in [4.69, 9.17) is 23.2 Å². The van der Waals surface area contributed by atoms with Crippen LogP contribution in [0.1, 0.15) is 18.4 Å². The van der Waals surface area contributed by atoms with Crippen molar-refractivity contribution >= 4 is 29.0 Å². The molecular weight excluding hydrogens is 219 g/mol. The molecule has 1 nitrogen and oxygen atoms in total. The van der Waals surface area contributed by atoms with E-state index in [1.807, 2.05) is 0 Å². The largest absolute Gasteiger partial charge is 0.299 e. The molecule has 0 bridgehead atoms. The van der Waals surface area contributed by atoms with Gasteiger partial charge in [-0.2, -0.15) is 0 Å². The molecule has 1 aliphatic rings. The van der Waals surface area contributed by atoms with E-state index in [0.717, 1.165) is 18.4 Å². The fourth-order valence-corrected chi connectivity index (χ4v) is 1.80. The second-order valence-electron chi connectivity index (χ2n) is 3.65. The Morgan fingerprint density at radius 2 is 2.07 bits per heavy atom. The summed E-state index contributed by atoms with van der Waals surface area (Å²) in [4.78, 5) is 11.5. The van der Waals surface area contributed by atoms with Gasteiger partial charge in [0.05, 0.1) is 0 Å². The van der Waals surface area contributed by atoms with Crippen molar-refractivity contribution in [3.8, 4) is 0 Å².